The summed E-state index contributed by atoms with van der Waals surface area (Å²) in [5, 5.41) is 2.59. The Bertz CT molecular complexity index is 492. The van der Waals surface area contributed by atoms with Crippen LogP contribution in [0.2, 0.25) is 0 Å². The number of amides is 1. The summed E-state index contributed by atoms with van der Waals surface area (Å²) in [5.74, 6) is -0.619. The molecule has 0 radical (unpaired) electrons. The number of benzene rings is 1. The number of carbonyl (C=O) groups excluding carboxylic acids is 1. The number of nitrogens with one attached hydrogen (secondary N) is 1. The molecule has 116 valence electrons. The molecule has 1 unspecified atom stereocenters. The number of rotatable bonds is 5. The van der Waals surface area contributed by atoms with Crippen molar-refractivity contribution in [3.63, 3.8) is 0 Å². The number of nitrogens with zero attached hydrogens (tertiary/aromatic N) is 1. The second kappa shape index (κ2) is 7.41. The molecule has 21 heavy (non-hydrogen) atoms. The Kier molecular flexibility index (Phi) is 5.56. The molecule has 0 bridgehead atoms. The SMILES string of the molecule is CC1CCCCN1CCCC(=O)Nc1cc(N)ccc1F. The van der Waals surface area contributed by atoms with Crippen LogP contribution in [0, 0.1) is 5.82 Å². The fourth-order valence-corrected chi connectivity index (χ4v) is 2.78. The van der Waals surface area contributed by atoms with Gasteiger partial charge in [0.1, 0.15) is 5.82 Å². The molecule has 4 nitrogen and oxygen atoms in total. The second-order valence-electron chi connectivity index (χ2n) is 5.77. The maximum atomic E-state index is 13.5. The zero-order valence-electron chi connectivity index (χ0n) is 12.6. The third-order valence-electron chi connectivity index (χ3n) is 4.05. The normalized spacial score (nSPS) is 19.4. The van der Waals surface area contributed by atoms with E-state index in [1.165, 1.54) is 37.5 Å². The Morgan fingerprint density at radius 2 is 2.29 bits per heavy atom. The summed E-state index contributed by atoms with van der Waals surface area (Å²) >= 11 is 0. The topological polar surface area (TPSA) is 58.4 Å². The van der Waals surface area contributed by atoms with Gasteiger partial charge in [0.15, 0.2) is 0 Å². The summed E-state index contributed by atoms with van der Waals surface area (Å²) < 4.78 is 13.5. The molecular formula is C16H24FN3O. The summed E-state index contributed by atoms with van der Waals surface area (Å²) in [4.78, 5) is 14.3. The van der Waals surface area contributed by atoms with E-state index in [1.807, 2.05) is 0 Å². The molecule has 1 heterocycles. The third kappa shape index (κ3) is 4.70. The van der Waals surface area contributed by atoms with Crippen LogP contribution in [0.1, 0.15) is 39.0 Å². The quantitative estimate of drug-likeness (QED) is 0.821. The molecule has 0 spiro atoms. The zero-order chi connectivity index (χ0) is 15.2. The van der Waals surface area contributed by atoms with Crippen LogP contribution in [0.15, 0.2) is 18.2 Å². The van der Waals surface area contributed by atoms with Crippen LogP contribution < -0.4 is 11.1 Å². The van der Waals surface area contributed by atoms with E-state index in [4.69, 9.17) is 5.73 Å². The molecular weight excluding hydrogens is 269 g/mol. The Labute approximate surface area is 125 Å². The van der Waals surface area contributed by atoms with Crippen LogP contribution in [0.4, 0.5) is 15.8 Å². The molecule has 0 saturated carbocycles. The molecule has 1 amide bonds. The van der Waals surface area contributed by atoms with Gasteiger partial charge in [0.05, 0.1) is 5.69 Å². The van der Waals surface area contributed by atoms with Gasteiger partial charge in [-0.15, -0.1) is 0 Å². The summed E-state index contributed by atoms with van der Waals surface area (Å²) in [7, 11) is 0. The summed E-state index contributed by atoms with van der Waals surface area (Å²) in [6.45, 7) is 4.28. The molecule has 0 aromatic heterocycles. The third-order valence-corrected chi connectivity index (χ3v) is 4.05. The largest absolute Gasteiger partial charge is 0.399 e. The van der Waals surface area contributed by atoms with Crippen molar-refractivity contribution in [3.05, 3.63) is 24.0 Å². The lowest BCUT2D eigenvalue weighted by atomic mass is 10.0. The number of nitrogens with two attached hydrogens (primary N) is 1. The lowest BCUT2D eigenvalue weighted by Crippen LogP contribution is -2.38. The first-order valence-electron chi connectivity index (χ1n) is 7.65. The predicted molar refractivity (Wildman–Crippen MR) is 83.6 cm³/mol. The van der Waals surface area contributed by atoms with Gasteiger partial charge in [-0.2, -0.15) is 0 Å². The number of anilines is 2. The zero-order valence-corrected chi connectivity index (χ0v) is 12.6. The van der Waals surface area contributed by atoms with Crippen LogP contribution in [-0.4, -0.2) is 29.9 Å². The van der Waals surface area contributed by atoms with E-state index in [0.29, 0.717) is 18.2 Å². The van der Waals surface area contributed by atoms with E-state index in [9.17, 15) is 9.18 Å². The smallest absolute Gasteiger partial charge is 0.224 e. The van der Waals surface area contributed by atoms with Crippen molar-refractivity contribution >= 4 is 17.3 Å². The first-order valence-corrected chi connectivity index (χ1v) is 7.65. The Morgan fingerprint density at radius 3 is 3.05 bits per heavy atom. The Balaban J connectivity index is 1.75. The average molecular weight is 293 g/mol. The van der Waals surface area contributed by atoms with E-state index in [1.54, 1.807) is 0 Å². The highest BCUT2D eigenvalue weighted by atomic mass is 19.1. The van der Waals surface area contributed by atoms with Gasteiger partial charge in [-0.25, -0.2) is 4.39 Å². The molecule has 3 N–H and O–H groups in total. The van der Waals surface area contributed by atoms with E-state index >= 15 is 0 Å². The summed E-state index contributed by atoms with van der Waals surface area (Å²) in [6, 6.07) is 4.79. The number of nitrogen functional groups attached to an aromatic ring is 1. The van der Waals surface area contributed by atoms with Crippen molar-refractivity contribution in [2.75, 3.05) is 24.1 Å². The molecule has 1 fully saturated rings. The van der Waals surface area contributed by atoms with Crippen molar-refractivity contribution in [1.29, 1.82) is 0 Å². The highest BCUT2D eigenvalue weighted by Gasteiger charge is 2.17. The number of hydrogen-bond acceptors (Lipinski definition) is 3. The molecule has 0 aliphatic carbocycles. The van der Waals surface area contributed by atoms with Gasteiger partial charge in [0.25, 0.3) is 0 Å². The monoisotopic (exact) mass is 293 g/mol. The van der Waals surface area contributed by atoms with Gasteiger partial charge in [-0.3, -0.25) is 4.79 Å². The van der Waals surface area contributed by atoms with Crippen LogP contribution in [0.5, 0.6) is 0 Å². The van der Waals surface area contributed by atoms with E-state index in [0.717, 1.165) is 19.5 Å². The van der Waals surface area contributed by atoms with Crippen LogP contribution in [0.3, 0.4) is 0 Å². The molecule has 5 heteroatoms. The minimum atomic E-state index is -0.456. The van der Waals surface area contributed by atoms with Gasteiger partial charge in [-0.05, 0) is 57.5 Å². The molecule has 1 aliphatic rings. The maximum Gasteiger partial charge on any atom is 0.224 e. The lowest BCUT2D eigenvalue weighted by molar-refractivity contribution is -0.116. The van der Waals surface area contributed by atoms with E-state index in [-0.39, 0.29) is 11.6 Å². The van der Waals surface area contributed by atoms with Crippen LogP contribution in [-0.2, 0) is 4.79 Å². The van der Waals surface area contributed by atoms with Gasteiger partial charge in [0, 0.05) is 18.2 Å². The lowest BCUT2D eigenvalue weighted by Gasteiger charge is -2.33. The van der Waals surface area contributed by atoms with Crippen molar-refractivity contribution in [1.82, 2.24) is 4.90 Å². The Hall–Kier alpha value is -1.62. The van der Waals surface area contributed by atoms with E-state index in [2.05, 4.69) is 17.1 Å². The summed E-state index contributed by atoms with van der Waals surface area (Å²) in [6.07, 6.45) is 4.97. The minimum absolute atomic E-state index is 0.159. The molecule has 1 saturated heterocycles. The first-order chi connectivity index (χ1) is 10.1. The van der Waals surface area contributed by atoms with Crippen molar-refractivity contribution in [2.45, 2.75) is 45.1 Å². The fourth-order valence-electron chi connectivity index (χ4n) is 2.78. The van der Waals surface area contributed by atoms with Crippen LogP contribution in [0.25, 0.3) is 0 Å². The van der Waals surface area contributed by atoms with Gasteiger partial charge in [-0.1, -0.05) is 6.42 Å². The number of hydrogen-bond donors (Lipinski definition) is 2. The van der Waals surface area contributed by atoms with Gasteiger partial charge < -0.3 is 16.0 Å². The highest BCUT2D eigenvalue weighted by Crippen LogP contribution is 2.19. The van der Waals surface area contributed by atoms with Gasteiger partial charge >= 0.3 is 0 Å². The van der Waals surface area contributed by atoms with Crippen molar-refractivity contribution < 1.29 is 9.18 Å². The maximum absolute atomic E-state index is 13.5. The first kappa shape index (κ1) is 15.8. The molecule has 1 aromatic rings. The minimum Gasteiger partial charge on any atom is -0.399 e. The van der Waals surface area contributed by atoms with Crippen LogP contribution >= 0.6 is 0 Å². The molecule has 1 aromatic carbocycles. The average Bonchev–Trinajstić information content (AvgIpc) is 2.45. The summed E-state index contributed by atoms with van der Waals surface area (Å²) in [5.41, 5.74) is 6.19. The number of piperidine rings is 1. The van der Waals surface area contributed by atoms with Crippen molar-refractivity contribution in [2.24, 2.45) is 0 Å². The molecule has 2 rings (SSSR count). The molecule has 1 atom stereocenters. The number of likely N-dealkylation sites (tertiary alicyclic amines) is 1. The van der Waals surface area contributed by atoms with Crippen molar-refractivity contribution in [3.8, 4) is 0 Å². The van der Waals surface area contributed by atoms with Gasteiger partial charge in [0.2, 0.25) is 5.91 Å². The standard InChI is InChI=1S/C16H24FN3O/c1-12-5-2-3-9-20(12)10-4-6-16(21)19-15-11-13(18)7-8-14(15)17/h7-8,11-12H,2-6,9-10,18H2,1H3,(H,19,21). The molecule has 1 aliphatic heterocycles. The number of halogens is 1. The fraction of sp³-hybridized carbons (Fsp3) is 0.562. The second-order valence-corrected chi connectivity index (χ2v) is 5.77. The number of carbonyl (C=O) groups is 1. The highest BCUT2D eigenvalue weighted by molar-refractivity contribution is 5.91. The van der Waals surface area contributed by atoms with E-state index < -0.39 is 5.82 Å². The Morgan fingerprint density at radius 1 is 1.48 bits per heavy atom. The predicted octanol–water partition coefficient (Wildman–Crippen LogP) is 3.00.